The van der Waals surface area contributed by atoms with Crippen molar-refractivity contribution in [2.75, 3.05) is 11.4 Å². The first-order valence-corrected chi connectivity index (χ1v) is 7.90. The predicted octanol–water partition coefficient (Wildman–Crippen LogP) is 2.83. The van der Waals surface area contributed by atoms with Crippen molar-refractivity contribution < 1.29 is 23.6 Å². The van der Waals surface area contributed by atoms with Crippen molar-refractivity contribution in [3.63, 3.8) is 0 Å². The number of benzene rings is 2. The van der Waals surface area contributed by atoms with Crippen molar-refractivity contribution in [1.29, 1.82) is 0 Å². The number of para-hydroxylation sites is 1. The second-order valence-electron chi connectivity index (χ2n) is 5.89. The van der Waals surface area contributed by atoms with E-state index >= 15 is 0 Å². The first kappa shape index (κ1) is 17.5. The van der Waals surface area contributed by atoms with Gasteiger partial charge >= 0.3 is 5.97 Å². The number of nitrogens with zero attached hydrogens (tertiary/aromatic N) is 2. The number of halogens is 1. The summed E-state index contributed by atoms with van der Waals surface area (Å²) in [5.41, 5.74) is 0.685. The number of nitro benzene ring substituents is 1. The maximum Gasteiger partial charge on any atom is 0.311 e. The van der Waals surface area contributed by atoms with Crippen LogP contribution in [-0.4, -0.2) is 23.3 Å². The topological polar surface area (TPSA) is 89.7 Å². The fraction of sp³-hybridized carbons (Fsp3) is 0.222. The summed E-state index contributed by atoms with van der Waals surface area (Å²) in [6.07, 6.45) is -0.0482. The molecule has 1 saturated heterocycles. The van der Waals surface area contributed by atoms with Gasteiger partial charge in [0.05, 0.1) is 16.5 Å². The van der Waals surface area contributed by atoms with Gasteiger partial charge in [-0.3, -0.25) is 19.7 Å². The zero-order valence-corrected chi connectivity index (χ0v) is 13.6. The van der Waals surface area contributed by atoms with Gasteiger partial charge in [-0.2, -0.15) is 0 Å². The third-order valence-electron chi connectivity index (χ3n) is 4.13. The number of hydrogen-bond donors (Lipinski definition) is 0. The molecule has 1 fully saturated rings. The Bertz CT molecular complexity index is 853. The Morgan fingerprint density at radius 1 is 1.23 bits per heavy atom. The highest BCUT2D eigenvalue weighted by Crippen LogP contribution is 2.28. The molecule has 1 heterocycles. The number of rotatable bonds is 5. The van der Waals surface area contributed by atoms with Crippen LogP contribution in [0.3, 0.4) is 0 Å². The molecule has 0 bridgehead atoms. The largest absolute Gasteiger partial charge is 0.461 e. The molecule has 26 heavy (non-hydrogen) atoms. The van der Waals surface area contributed by atoms with Crippen molar-refractivity contribution >= 4 is 23.3 Å². The summed E-state index contributed by atoms with van der Waals surface area (Å²) < 4.78 is 19.0. The van der Waals surface area contributed by atoms with E-state index in [-0.39, 0.29) is 36.9 Å². The van der Waals surface area contributed by atoms with Gasteiger partial charge in [-0.15, -0.1) is 0 Å². The molecule has 0 unspecified atom stereocenters. The maximum absolute atomic E-state index is 13.8. The quantitative estimate of drug-likeness (QED) is 0.466. The number of carbonyl (C=O) groups excluding carboxylic acids is 2. The lowest BCUT2D eigenvalue weighted by molar-refractivity contribution is -0.384. The highest BCUT2D eigenvalue weighted by Gasteiger charge is 2.37. The fourth-order valence-electron chi connectivity index (χ4n) is 2.76. The molecule has 0 aliphatic carbocycles. The Balaban J connectivity index is 1.60. The third-order valence-corrected chi connectivity index (χ3v) is 4.13. The molecule has 0 saturated carbocycles. The van der Waals surface area contributed by atoms with Gasteiger partial charge in [0.25, 0.3) is 5.69 Å². The van der Waals surface area contributed by atoms with E-state index in [1.165, 1.54) is 47.4 Å². The predicted molar refractivity (Wildman–Crippen MR) is 89.8 cm³/mol. The van der Waals surface area contributed by atoms with Gasteiger partial charge < -0.3 is 9.64 Å². The van der Waals surface area contributed by atoms with E-state index in [1.807, 2.05) is 0 Å². The van der Waals surface area contributed by atoms with Crippen LogP contribution >= 0.6 is 0 Å². The Kier molecular flexibility index (Phi) is 4.92. The van der Waals surface area contributed by atoms with Gasteiger partial charge in [-0.05, 0) is 29.8 Å². The number of carbonyl (C=O) groups is 2. The fourth-order valence-corrected chi connectivity index (χ4v) is 2.76. The molecule has 8 heteroatoms. The van der Waals surface area contributed by atoms with Crippen LogP contribution in [0.1, 0.15) is 12.0 Å². The minimum atomic E-state index is -0.680. The number of nitro groups is 1. The van der Waals surface area contributed by atoms with E-state index in [1.54, 1.807) is 6.07 Å². The van der Waals surface area contributed by atoms with Gasteiger partial charge in [0.2, 0.25) is 5.91 Å². The number of non-ortho nitro benzene ring substituents is 1. The van der Waals surface area contributed by atoms with E-state index < -0.39 is 22.6 Å². The lowest BCUT2D eigenvalue weighted by Crippen LogP contribution is -2.27. The minimum absolute atomic E-state index is 0.0482. The van der Waals surface area contributed by atoms with Crippen molar-refractivity contribution in [3.8, 4) is 0 Å². The zero-order valence-electron chi connectivity index (χ0n) is 13.6. The van der Waals surface area contributed by atoms with Crippen LogP contribution in [0.4, 0.5) is 15.8 Å². The van der Waals surface area contributed by atoms with Crippen LogP contribution < -0.4 is 4.90 Å². The molecule has 7 nitrogen and oxygen atoms in total. The van der Waals surface area contributed by atoms with E-state index in [0.29, 0.717) is 5.56 Å². The molecule has 1 aliphatic heterocycles. The standard InChI is InChI=1S/C18H15FN2O5/c19-15-3-1-2-4-16(15)20-10-13(9-17(20)22)18(23)26-11-12-5-7-14(8-6-12)21(24)25/h1-8,13H,9-11H2/t13-/m0/s1. The minimum Gasteiger partial charge on any atom is -0.461 e. The van der Waals surface area contributed by atoms with Gasteiger partial charge in [0.1, 0.15) is 12.4 Å². The highest BCUT2D eigenvalue weighted by atomic mass is 19.1. The molecule has 2 aromatic carbocycles. The van der Waals surface area contributed by atoms with E-state index in [0.717, 1.165) is 0 Å². The SMILES string of the molecule is O=C(OCc1ccc([N+](=O)[O-])cc1)[C@H]1CC(=O)N(c2ccccc2F)C1. The molecule has 1 amide bonds. The summed E-state index contributed by atoms with van der Waals surface area (Å²) in [6.45, 7) is 0.0000770. The number of anilines is 1. The molecular weight excluding hydrogens is 343 g/mol. The molecule has 134 valence electrons. The molecule has 1 atom stereocenters. The molecule has 0 aromatic heterocycles. The van der Waals surface area contributed by atoms with Crippen molar-refractivity contribution in [1.82, 2.24) is 0 Å². The number of amides is 1. The molecule has 2 aromatic rings. The number of esters is 1. The van der Waals surface area contributed by atoms with Crippen LogP contribution in [-0.2, 0) is 20.9 Å². The summed E-state index contributed by atoms with van der Waals surface area (Å²) in [4.78, 5) is 35.6. The van der Waals surface area contributed by atoms with Crippen molar-refractivity contribution in [2.45, 2.75) is 13.0 Å². The Morgan fingerprint density at radius 2 is 1.92 bits per heavy atom. The summed E-state index contributed by atoms with van der Waals surface area (Å²) in [5.74, 6) is -2.11. The van der Waals surface area contributed by atoms with Gasteiger partial charge in [-0.1, -0.05) is 12.1 Å². The zero-order chi connectivity index (χ0) is 18.7. The normalized spacial score (nSPS) is 16.6. The molecular formula is C18H15FN2O5. The lowest BCUT2D eigenvalue weighted by Gasteiger charge is -2.17. The molecule has 0 spiro atoms. The second-order valence-corrected chi connectivity index (χ2v) is 5.89. The van der Waals surface area contributed by atoms with E-state index in [2.05, 4.69) is 0 Å². The highest BCUT2D eigenvalue weighted by molar-refractivity contribution is 5.99. The van der Waals surface area contributed by atoms with Crippen LogP contribution in [0.25, 0.3) is 0 Å². The summed E-state index contributed by atoms with van der Waals surface area (Å²) in [6, 6.07) is 11.5. The average molecular weight is 358 g/mol. The first-order chi connectivity index (χ1) is 12.5. The molecule has 1 aliphatic rings. The van der Waals surface area contributed by atoms with Gasteiger partial charge in [0, 0.05) is 25.1 Å². The average Bonchev–Trinajstić information content (AvgIpc) is 3.02. The third kappa shape index (κ3) is 3.69. The number of hydrogen-bond acceptors (Lipinski definition) is 5. The van der Waals surface area contributed by atoms with Gasteiger partial charge in [0.15, 0.2) is 0 Å². The Labute approximate surface area is 148 Å². The smallest absolute Gasteiger partial charge is 0.311 e. The van der Waals surface area contributed by atoms with Gasteiger partial charge in [-0.25, -0.2) is 4.39 Å². The van der Waals surface area contributed by atoms with Crippen molar-refractivity contribution in [3.05, 3.63) is 70.0 Å². The monoisotopic (exact) mass is 358 g/mol. The van der Waals surface area contributed by atoms with Crippen LogP contribution in [0.2, 0.25) is 0 Å². The number of ether oxygens (including phenoxy) is 1. The summed E-state index contributed by atoms with van der Waals surface area (Å²) in [7, 11) is 0. The molecule has 0 radical (unpaired) electrons. The van der Waals surface area contributed by atoms with E-state index in [4.69, 9.17) is 4.74 Å². The van der Waals surface area contributed by atoms with Crippen LogP contribution in [0, 0.1) is 21.8 Å². The molecule has 3 rings (SSSR count). The summed E-state index contributed by atoms with van der Waals surface area (Å²) >= 11 is 0. The first-order valence-electron chi connectivity index (χ1n) is 7.90. The second kappa shape index (κ2) is 7.30. The summed E-state index contributed by atoms with van der Waals surface area (Å²) in [5, 5.41) is 10.6. The maximum atomic E-state index is 13.8. The molecule has 0 N–H and O–H groups in total. The van der Waals surface area contributed by atoms with E-state index in [9.17, 15) is 24.1 Å². The van der Waals surface area contributed by atoms with Crippen LogP contribution in [0.5, 0.6) is 0 Å². The Hall–Kier alpha value is -3.29. The van der Waals surface area contributed by atoms with Crippen molar-refractivity contribution in [2.24, 2.45) is 5.92 Å². The Morgan fingerprint density at radius 3 is 2.58 bits per heavy atom. The van der Waals surface area contributed by atoms with Crippen LogP contribution in [0.15, 0.2) is 48.5 Å². The lowest BCUT2D eigenvalue weighted by atomic mass is 10.1.